The highest BCUT2D eigenvalue weighted by Crippen LogP contribution is 2.21. The van der Waals surface area contributed by atoms with Crippen LogP contribution in [-0.4, -0.2) is 67.7 Å². The normalized spacial score (nSPS) is 23.4. The average molecular weight is 368 g/mol. The van der Waals surface area contributed by atoms with Crippen molar-refractivity contribution in [3.8, 4) is 0 Å². The minimum atomic E-state index is -0.526. The summed E-state index contributed by atoms with van der Waals surface area (Å²) in [7, 11) is 1.34. The predicted octanol–water partition coefficient (Wildman–Crippen LogP) is 2.87. The Kier molecular flexibility index (Phi) is 8.69. The molecule has 2 saturated heterocycles. The third kappa shape index (κ3) is 6.78. The third-order valence-electron chi connectivity index (χ3n) is 5.53. The van der Waals surface area contributed by atoms with E-state index >= 15 is 0 Å². The van der Waals surface area contributed by atoms with Crippen LogP contribution in [0.4, 0.5) is 4.79 Å². The Morgan fingerprint density at radius 2 is 1.77 bits per heavy atom. The highest BCUT2D eigenvalue weighted by molar-refractivity contribution is 5.85. The number of carbonyl (C=O) groups is 2. The van der Waals surface area contributed by atoms with Crippen LogP contribution in [0.5, 0.6) is 0 Å². The molecule has 2 unspecified atom stereocenters. The van der Waals surface area contributed by atoms with Gasteiger partial charge in [-0.1, -0.05) is 26.7 Å². The van der Waals surface area contributed by atoms with Gasteiger partial charge in [0.05, 0.1) is 7.11 Å². The van der Waals surface area contributed by atoms with Crippen molar-refractivity contribution in [1.82, 2.24) is 15.1 Å². The second-order valence-electron chi connectivity index (χ2n) is 8.33. The van der Waals surface area contributed by atoms with Gasteiger partial charge in [-0.3, -0.25) is 4.79 Å². The molecule has 26 heavy (non-hydrogen) atoms. The molecule has 0 aromatic heterocycles. The summed E-state index contributed by atoms with van der Waals surface area (Å²) in [6, 6.07) is -0.487. The minimum absolute atomic E-state index is 0.0460. The molecule has 0 spiro atoms. The van der Waals surface area contributed by atoms with E-state index in [1.165, 1.54) is 52.3 Å². The van der Waals surface area contributed by atoms with Gasteiger partial charge in [-0.2, -0.15) is 0 Å². The summed E-state index contributed by atoms with van der Waals surface area (Å²) in [5.74, 6) is 0.923. The first kappa shape index (κ1) is 21.0. The lowest BCUT2D eigenvalue weighted by atomic mass is 9.95. The van der Waals surface area contributed by atoms with Gasteiger partial charge < -0.3 is 19.9 Å². The molecular weight excluding hydrogens is 330 g/mol. The molecule has 2 rings (SSSR count). The van der Waals surface area contributed by atoms with Crippen molar-refractivity contribution in [3.63, 3.8) is 0 Å². The molecule has 2 aliphatic rings. The summed E-state index contributed by atoms with van der Waals surface area (Å²) in [6.07, 6.45) is 7.66. The number of amides is 2. The fourth-order valence-corrected chi connectivity index (χ4v) is 4.21. The van der Waals surface area contributed by atoms with Crippen molar-refractivity contribution in [1.29, 1.82) is 0 Å². The Hall–Kier alpha value is -1.30. The molecule has 0 aliphatic carbocycles. The topological polar surface area (TPSA) is 61.9 Å². The van der Waals surface area contributed by atoms with Gasteiger partial charge in [0.1, 0.15) is 6.04 Å². The van der Waals surface area contributed by atoms with Gasteiger partial charge in [0.15, 0.2) is 0 Å². The Bertz CT molecular complexity index is 448. The largest absolute Gasteiger partial charge is 0.453 e. The predicted molar refractivity (Wildman–Crippen MR) is 103 cm³/mol. The van der Waals surface area contributed by atoms with Gasteiger partial charge in [0, 0.05) is 19.6 Å². The van der Waals surface area contributed by atoms with E-state index in [0.717, 1.165) is 26.1 Å². The van der Waals surface area contributed by atoms with Crippen LogP contribution < -0.4 is 5.32 Å². The number of methoxy groups -OCH3 is 1. The standard InChI is InChI=1S/C20H37N3O3/c1-16(2)13-18(21-20(25)26-3)19(24)23-12-8-9-17(15-23)14-22-10-6-4-5-7-11-22/h16-18H,4-15H2,1-3H3,(H,21,25). The van der Waals surface area contributed by atoms with Gasteiger partial charge in [-0.15, -0.1) is 0 Å². The summed E-state index contributed by atoms with van der Waals surface area (Å²) >= 11 is 0. The summed E-state index contributed by atoms with van der Waals surface area (Å²) in [5, 5.41) is 2.74. The fourth-order valence-electron chi connectivity index (χ4n) is 4.21. The molecular formula is C20H37N3O3. The lowest BCUT2D eigenvalue weighted by molar-refractivity contribution is -0.135. The lowest BCUT2D eigenvalue weighted by Crippen LogP contribution is -2.52. The van der Waals surface area contributed by atoms with Gasteiger partial charge in [0.25, 0.3) is 0 Å². The minimum Gasteiger partial charge on any atom is -0.453 e. The van der Waals surface area contributed by atoms with Crippen LogP contribution in [0.15, 0.2) is 0 Å². The van der Waals surface area contributed by atoms with E-state index in [4.69, 9.17) is 4.74 Å². The summed E-state index contributed by atoms with van der Waals surface area (Å²) in [6.45, 7) is 9.24. The van der Waals surface area contributed by atoms with Crippen LogP contribution in [0.3, 0.4) is 0 Å². The summed E-state index contributed by atoms with van der Waals surface area (Å²) in [5.41, 5.74) is 0. The fraction of sp³-hybridized carbons (Fsp3) is 0.900. The Morgan fingerprint density at radius 1 is 1.08 bits per heavy atom. The van der Waals surface area contributed by atoms with Crippen LogP contribution in [-0.2, 0) is 9.53 Å². The van der Waals surface area contributed by atoms with Crippen molar-refractivity contribution in [2.24, 2.45) is 11.8 Å². The zero-order chi connectivity index (χ0) is 18.9. The first-order valence-electron chi connectivity index (χ1n) is 10.3. The lowest BCUT2D eigenvalue weighted by Gasteiger charge is -2.37. The molecule has 1 N–H and O–H groups in total. The van der Waals surface area contributed by atoms with Crippen LogP contribution in [0.2, 0.25) is 0 Å². The van der Waals surface area contributed by atoms with Crippen LogP contribution in [0.25, 0.3) is 0 Å². The molecule has 150 valence electrons. The summed E-state index contributed by atoms with van der Waals surface area (Å²) < 4.78 is 4.71. The first-order chi connectivity index (χ1) is 12.5. The van der Waals surface area contributed by atoms with Crippen LogP contribution in [0.1, 0.15) is 58.8 Å². The van der Waals surface area contributed by atoms with E-state index in [1.54, 1.807) is 0 Å². The van der Waals surface area contributed by atoms with E-state index < -0.39 is 12.1 Å². The van der Waals surface area contributed by atoms with E-state index in [9.17, 15) is 9.59 Å². The van der Waals surface area contributed by atoms with Crippen molar-refractivity contribution >= 4 is 12.0 Å². The number of carbonyl (C=O) groups excluding carboxylic acids is 2. The number of hydrogen-bond donors (Lipinski definition) is 1. The highest BCUT2D eigenvalue weighted by Gasteiger charge is 2.31. The molecule has 0 aromatic carbocycles. The number of alkyl carbamates (subject to hydrolysis) is 1. The second kappa shape index (κ2) is 10.8. The van der Waals surface area contributed by atoms with E-state index in [-0.39, 0.29) is 5.91 Å². The number of rotatable bonds is 6. The quantitative estimate of drug-likeness (QED) is 0.784. The molecule has 2 heterocycles. The molecule has 0 aromatic rings. The highest BCUT2D eigenvalue weighted by atomic mass is 16.5. The molecule has 0 bridgehead atoms. The average Bonchev–Trinajstić information content (AvgIpc) is 2.89. The smallest absolute Gasteiger partial charge is 0.407 e. The van der Waals surface area contributed by atoms with Gasteiger partial charge in [-0.25, -0.2) is 4.79 Å². The monoisotopic (exact) mass is 367 g/mol. The zero-order valence-corrected chi connectivity index (χ0v) is 16.8. The molecule has 6 nitrogen and oxygen atoms in total. The molecule has 2 atom stereocenters. The number of piperidine rings is 1. The van der Waals surface area contributed by atoms with E-state index in [2.05, 4.69) is 24.1 Å². The maximum atomic E-state index is 13.0. The van der Waals surface area contributed by atoms with Crippen molar-refractivity contribution in [2.45, 2.75) is 64.8 Å². The number of nitrogens with one attached hydrogen (secondary N) is 1. The Labute approximate surface area is 158 Å². The first-order valence-corrected chi connectivity index (χ1v) is 10.3. The van der Waals surface area contributed by atoms with Crippen LogP contribution >= 0.6 is 0 Å². The number of ether oxygens (including phenoxy) is 1. The van der Waals surface area contributed by atoms with Gasteiger partial charge >= 0.3 is 6.09 Å². The van der Waals surface area contributed by atoms with Crippen molar-refractivity contribution < 1.29 is 14.3 Å². The molecule has 0 radical (unpaired) electrons. The Morgan fingerprint density at radius 3 is 2.38 bits per heavy atom. The van der Waals surface area contributed by atoms with Gasteiger partial charge in [-0.05, 0) is 57.0 Å². The zero-order valence-electron chi connectivity index (χ0n) is 16.8. The molecule has 2 amide bonds. The molecule has 2 aliphatic heterocycles. The maximum absolute atomic E-state index is 13.0. The SMILES string of the molecule is COC(=O)NC(CC(C)C)C(=O)N1CCCC(CN2CCCCCC2)C1. The van der Waals surface area contributed by atoms with E-state index in [1.807, 2.05) is 4.90 Å². The van der Waals surface area contributed by atoms with Crippen LogP contribution in [0, 0.1) is 11.8 Å². The third-order valence-corrected chi connectivity index (χ3v) is 5.53. The molecule has 0 saturated carbocycles. The Balaban J connectivity index is 1.92. The number of hydrogen-bond acceptors (Lipinski definition) is 4. The molecule has 2 fully saturated rings. The summed E-state index contributed by atoms with van der Waals surface area (Å²) in [4.78, 5) is 29.2. The molecule has 6 heteroatoms. The number of likely N-dealkylation sites (tertiary alicyclic amines) is 2. The van der Waals surface area contributed by atoms with Gasteiger partial charge in [0.2, 0.25) is 5.91 Å². The maximum Gasteiger partial charge on any atom is 0.407 e. The number of nitrogens with zero attached hydrogens (tertiary/aromatic N) is 2. The second-order valence-corrected chi connectivity index (χ2v) is 8.33. The van der Waals surface area contributed by atoms with E-state index in [0.29, 0.717) is 18.3 Å². The van der Waals surface area contributed by atoms with Crippen molar-refractivity contribution in [2.75, 3.05) is 39.8 Å². The van der Waals surface area contributed by atoms with Crippen molar-refractivity contribution in [3.05, 3.63) is 0 Å².